The van der Waals surface area contributed by atoms with Crippen molar-refractivity contribution < 1.29 is 23.1 Å². The zero-order valence-corrected chi connectivity index (χ0v) is 17.0. The van der Waals surface area contributed by atoms with Crippen molar-refractivity contribution in [2.75, 3.05) is 6.54 Å². The van der Waals surface area contributed by atoms with E-state index in [-0.39, 0.29) is 24.5 Å². The number of carbonyl (C=O) groups excluding carboxylic acids is 1. The second-order valence-electron chi connectivity index (χ2n) is 7.10. The second kappa shape index (κ2) is 8.33. The molecule has 0 unspecified atom stereocenters. The van der Waals surface area contributed by atoms with Crippen LogP contribution in [0, 0.1) is 25.2 Å². The molecule has 2 aromatic rings. The minimum atomic E-state index is -3.98. The van der Waals surface area contributed by atoms with Gasteiger partial charge in [0.05, 0.1) is 22.6 Å². The van der Waals surface area contributed by atoms with E-state index in [9.17, 15) is 18.3 Å². The highest BCUT2D eigenvalue weighted by atomic mass is 32.2. The van der Waals surface area contributed by atoms with Crippen molar-refractivity contribution in [3.63, 3.8) is 0 Å². The van der Waals surface area contributed by atoms with Gasteiger partial charge < -0.3 is 9.84 Å². The van der Waals surface area contributed by atoms with Crippen molar-refractivity contribution in [2.45, 2.75) is 43.9 Å². The Balaban J connectivity index is 1.81. The summed E-state index contributed by atoms with van der Waals surface area (Å²) < 4.78 is 32.5. The first-order valence-electron chi connectivity index (χ1n) is 9.16. The minimum Gasteiger partial charge on any atom is -0.460 e. The fourth-order valence-corrected chi connectivity index (χ4v) is 4.99. The van der Waals surface area contributed by atoms with E-state index in [2.05, 4.69) is 0 Å². The SMILES string of the molecule is Cc1ccc(S(=O)(=O)N2C[C@@H](O)C[C@H]2C(=O)OCc2ccccc2C#N)cc1C. The highest BCUT2D eigenvalue weighted by Gasteiger charge is 2.44. The number of esters is 1. The molecule has 0 radical (unpaired) electrons. The number of nitriles is 1. The number of β-amino-alcohol motifs (C(OH)–C–C–N with tert-alkyl or cyclic N) is 1. The first-order valence-corrected chi connectivity index (χ1v) is 10.6. The Morgan fingerprint density at radius 1 is 1.24 bits per heavy atom. The average Bonchev–Trinajstić information content (AvgIpc) is 3.11. The van der Waals surface area contributed by atoms with Gasteiger partial charge in [0.1, 0.15) is 12.6 Å². The van der Waals surface area contributed by atoms with Crippen molar-refractivity contribution in [1.82, 2.24) is 4.31 Å². The number of hydrogen-bond donors (Lipinski definition) is 1. The summed E-state index contributed by atoms with van der Waals surface area (Å²) in [4.78, 5) is 12.7. The van der Waals surface area contributed by atoms with Crippen molar-refractivity contribution in [3.8, 4) is 6.07 Å². The van der Waals surface area contributed by atoms with Crippen molar-refractivity contribution in [1.29, 1.82) is 5.26 Å². The molecule has 1 heterocycles. The molecule has 152 valence electrons. The molecule has 1 N–H and O–H groups in total. The molecule has 8 heteroatoms. The van der Waals surface area contributed by atoms with Crippen LogP contribution < -0.4 is 0 Å². The predicted octanol–water partition coefficient (Wildman–Crippen LogP) is 2.04. The van der Waals surface area contributed by atoms with Crippen molar-refractivity contribution in [2.24, 2.45) is 0 Å². The molecule has 0 amide bonds. The van der Waals surface area contributed by atoms with Gasteiger partial charge in [-0.1, -0.05) is 24.3 Å². The van der Waals surface area contributed by atoms with Gasteiger partial charge in [0.25, 0.3) is 0 Å². The van der Waals surface area contributed by atoms with E-state index < -0.39 is 28.1 Å². The molecule has 3 rings (SSSR count). The lowest BCUT2D eigenvalue weighted by atomic mass is 10.1. The average molecular weight is 414 g/mol. The second-order valence-corrected chi connectivity index (χ2v) is 8.99. The van der Waals surface area contributed by atoms with Crippen LogP contribution in [0.1, 0.15) is 28.7 Å². The van der Waals surface area contributed by atoms with Gasteiger partial charge in [-0.15, -0.1) is 0 Å². The highest BCUT2D eigenvalue weighted by molar-refractivity contribution is 7.89. The Morgan fingerprint density at radius 3 is 2.66 bits per heavy atom. The molecule has 1 saturated heterocycles. The summed E-state index contributed by atoms with van der Waals surface area (Å²) in [6, 6.07) is 12.4. The van der Waals surface area contributed by atoms with E-state index in [1.54, 1.807) is 36.4 Å². The largest absolute Gasteiger partial charge is 0.460 e. The third-order valence-corrected chi connectivity index (χ3v) is 6.97. The molecule has 0 aromatic heterocycles. The summed E-state index contributed by atoms with van der Waals surface area (Å²) in [5.74, 6) is -0.748. The van der Waals surface area contributed by atoms with E-state index in [0.29, 0.717) is 11.1 Å². The summed E-state index contributed by atoms with van der Waals surface area (Å²) in [5, 5.41) is 19.2. The van der Waals surface area contributed by atoms with Gasteiger partial charge in [0.15, 0.2) is 0 Å². The van der Waals surface area contributed by atoms with Crippen LogP contribution in [-0.4, -0.2) is 42.5 Å². The first kappa shape index (κ1) is 21.0. The molecule has 2 aromatic carbocycles. The highest BCUT2D eigenvalue weighted by Crippen LogP contribution is 2.28. The Labute approximate surface area is 170 Å². The molecule has 0 saturated carbocycles. The first-order chi connectivity index (χ1) is 13.7. The van der Waals surface area contributed by atoms with Crippen LogP contribution in [-0.2, 0) is 26.2 Å². The van der Waals surface area contributed by atoms with E-state index in [4.69, 9.17) is 10.00 Å². The number of carbonyl (C=O) groups is 1. The topological polar surface area (TPSA) is 108 Å². The number of hydrogen-bond acceptors (Lipinski definition) is 6. The minimum absolute atomic E-state index is 0.0389. The van der Waals surface area contributed by atoms with Gasteiger partial charge in [0.2, 0.25) is 10.0 Å². The van der Waals surface area contributed by atoms with Crippen molar-refractivity contribution in [3.05, 3.63) is 64.7 Å². The molecule has 2 atom stereocenters. The number of nitrogens with zero attached hydrogens (tertiary/aromatic N) is 2. The van der Waals surface area contributed by atoms with Crippen LogP contribution >= 0.6 is 0 Å². The predicted molar refractivity (Wildman–Crippen MR) is 105 cm³/mol. The normalized spacial score (nSPS) is 19.7. The zero-order valence-electron chi connectivity index (χ0n) is 16.2. The third-order valence-electron chi connectivity index (χ3n) is 5.10. The molecular weight excluding hydrogens is 392 g/mol. The van der Waals surface area contributed by atoms with Gasteiger partial charge in [-0.05, 0) is 43.2 Å². The number of aliphatic hydroxyl groups excluding tert-OH is 1. The Kier molecular flexibility index (Phi) is 6.03. The number of aryl methyl sites for hydroxylation is 2. The lowest BCUT2D eigenvalue weighted by Gasteiger charge is -2.23. The lowest BCUT2D eigenvalue weighted by molar-refractivity contribution is -0.148. The molecular formula is C21H22N2O5S. The standard InChI is InChI=1S/C21H22N2O5S/c1-14-7-8-19(9-15(14)2)29(26,27)23-12-18(24)10-20(23)21(25)28-13-17-6-4-3-5-16(17)11-22/h3-9,18,20,24H,10,12-13H2,1-2H3/t18-,20-/m0/s1. The summed E-state index contributed by atoms with van der Waals surface area (Å²) >= 11 is 0. The van der Waals surface area contributed by atoms with Crippen LogP contribution in [0.4, 0.5) is 0 Å². The van der Waals surface area contributed by atoms with Crippen LogP contribution in [0.15, 0.2) is 47.4 Å². The van der Waals surface area contributed by atoms with Crippen LogP contribution in [0.3, 0.4) is 0 Å². The quantitative estimate of drug-likeness (QED) is 0.750. The Morgan fingerprint density at radius 2 is 1.97 bits per heavy atom. The molecule has 1 aliphatic heterocycles. The van der Waals surface area contributed by atoms with Crippen LogP contribution in [0.2, 0.25) is 0 Å². The third kappa shape index (κ3) is 4.32. The maximum Gasteiger partial charge on any atom is 0.324 e. The molecule has 1 aliphatic rings. The fourth-order valence-electron chi connectivity index (χ4n) is 3.27. The van der Waals surface area contributed by atoms with Crippen molar-refractivity contribution >= 4 is 16.0 Å². The maximum absolute atomic E-state index is 13.1. The number of sulfonamides is 1. The lowest BCUT2D eigenvalue weighted by Crippen LogP contribution is -2.41. The number of benzene rings is 2. The van der Waals surface area contributed by atoms with Crippen LogP contribution in [0.25, 0.3) is 0 Å². The molecule has 0 bridgehead atoms. The molecule has 1 fully saturated rings. The summed E-state index contributed by atoms with van der Waals surface area (Å²) in [6.45, 7) is 3.37. The zero-order chi connectivity index (χ0) is 21.2. The van der Waals surface area contributed by atoms with Gasteiger partial charge in [0, 0.05) is 18.5 Å². The summed E-state index contributed by atoms with van der Waals surface area (Å²) in [7, 11) is -3.98. The number of aliphatic hydroxyl groups is 1. The fraction of sp³-hybridized carbons (Fsp3) is 0.333. The van der Waals surface area contributed by atoms with E-state index in [0.717, 1.165) is 15.4 Å². The number of ether oxygens (including phenoxy) is 1. The Bertz CT molecular complexity index is 1070. The van der Waals surface area contributed by atoms with Crippen LogP contribution in [0.5, 0.6) is 0 Å². The van der Waals surface area contributed by atoms with Gasteiger partial charge >= 0.3 is 5.97 Å². The van der Waals surface area contributed by atoms with E-state index in [1.165, 1.54) is 6.07 Å². The molecule has 0 aliphatic carbocycles. The molecule has 29 heavy (non-hydrogen) atoms. The Hall–Kier alpha value is -2.73. The monoisotopic (exact) mass is 414 g/mol. The molecule has 7 nitrogen and oxygen atoms in total. The maximum atomic E-state index is 13.1. The smallest absolute Gasteiger partial charge is 0.324 e. The van der Waals surface area contributed by atoms with Gasteiger partial charge in [-0.25, -0.2) is 8.42 Å². The van der Waals surface area contributed by atoms with Gasteiger partial charge in [-0.3, -0.25) is 4.79 Å². The van der Waals surface area contributed by atoms with E-state index in [1.807, 2.05) is 19.9 Å². The number of rotatable bonds is 5. The van der Waals surface area contributed by atoms with Gasteiger partial charge in [-0.2, -0.15) is 9.57 Å². The van der Waals surface area contributed by atoms with E-state index >= 15 is 0 Å². The summed E-state index contributed by atoms with van der Waals surface area (Å²) in [6.07, 6.45) is -0.997. The summed E-state index contributed by atoms with van der Waals surface area (Å²) in [5.41, 5.74) is 2.69. The molecule has 0 spiro atoms.